The van der Waals surface area contributed by atoms with Gasteiger partial charge in [-0.1, -0.05) is 30.3 Å². The van der Waals surface area contributed by atoms with Crippen molar-refractivity contribution in [3.63, 3.8) is 0 Å². The fourth-order valence-electron chi connectivity index (χ4n) is 1.88. The van der Waals surface area contributed by atoms with Crippen molar-refractivity contribution in [2.24, 2.45) is 0 Å². The predicted molar refractivity (Wildman–Crippen MR) is 54.0 cm³/mol. The Morgan fingerprint density at radius 2 is 2.07 bits per heavy atom. The highest BCUT2D eigenvalue weighted by Gasteiger charge is 2.43. The largest absolute Gasteiger partial charge is 0.451 e. The average molecular weight is 208 g/mol. The van der Waals surface area contributed by atoms with Gasteiger partial charge in [-0.05, 0) is 18.9 Å². The van der Waals surface area contributed by atoms with Gasteiger partial charge < -0.3 is 4.74 Å². The highest BCUT2D eigenvalue weighted by Crippen LogP contribution is 2.37. The van der Waals surface area contributed by atoms with E-state index >= 15 is 0 Å². The van der Waals surface area contributed by atoms with Gasteiger partial charge in [0.1, 0.15) is 6.17 Å². The van der Waals surface area contributed by atoms with E-state index in [1.54, 1.807) is 19.1 Å². The number of halogens is 1. The number of cyclic esters (lactones) is 1. The normalized spacial score (nSPS) is 31.1. The molecule has 0 spiro atoms. The van der Waals surface area contributed by atoms with Gasteiger partial charge in [-0.25, -0.2) is 4.39 Å². The Kier molecular flexibility index (Phi) is 2.47. The molecule has 1 saturated heterocycles. The van der Waals surface area contributed by atoms with Crippen LogP contribution in [0.3, 0.4) is 0 Å². The van der Waals surface area contributed by atoms with Crippen LogP contribution < -0.4 is 0 Å². The lowest BCUT2D eigenvalue weighted by Crippen LogP contribution is -2.42. The van der Waals surface area contributed by atoms with Crippen molar-refractivity contribution in [1.82, 2.24) is 0 Å². The van der Waals surface area contributed by atoms with Crippen LogP contribution in [0.5, 0.6) is 0 Å². The van der Waals surface area contributed by atoms with Gasteiger partial charge in [0.05, 0.1) is 0 Å². The summed E-state index contributed by atoms with van der Waals surface area (Å²) in [5, 5.41) is 0. The number of benzene rings is 1. The Morgan fingerprint density at radius 3 is 2.73 bits per heavy atom. The van der Waals surface area contributed by atoms with E-state index in [4.69, 9.17) is 4.74 Å². The first kappa shape index (κ1) is 10.1. The van der Waals surface area contributed by atoms with Crippen molar-refractivity contribution in [1.29, 1.82) is 0 Å². The first-order valence-electron chi connectivity index (χ1n) is 5.04. The SMILES string of the molecule is C[C@@]1(c2ccccc2)OC(=O)CC[C@@H]1F. The molecule has 80 valence electrons. The Hall–Kier alpha value is -1.38. The van der Waals surface area contributed by atoms with Crippen molar-refractivity contribution in [3.8, 4) is 0 Å². The number of carbonyl (C=O) groups excluding carboxylic acids is 1. The average Bonchev–Trinajstić information content (AvgIpc) is 2.25. The number of alkyl halides is 1. The summed E-state index contributed by atoms with van der Waals surface area (Å²) >= 11 is 0. The maximum atomic E-state index is 13.8. The second-order valence-corrected chi connectivity index (χ2v) is 3.95. The van der Waals surface area contributed by atoms with Crippen LogP contribution in [-0.2, 0) is 15.1 Å². The van der Waals surface area contributed by atoms with Crippen molar-refractivity contribution in [2.75, 3.05) is 0 Å². The summed E-state index contributed by atoms with van der Waals surface area (Å²) in [6.07, 6.45) is -0.717. The van der Waals surface area contributed by atoms with Crippen molar-refractivity contribution >= 4 is 5.97 Å². The van der Waals surface area contributed by atoms with Gasteiger partial charge in [-0.15, -0.1) is 0 Å². The van der Waals surface area contributed by atoms with Gasteiger partial charge in [0.15, 0.2) is 5.60 Å². The van der Waals surface area contributed by atoms with E-state index in [0.29, 0.717) is 5.56 Å². The first-order chi connectivity index (χ1) is 7.13. The third kappa shape index (κ3) is 1.74. The van der Waals surface area contributed by atoms with Crippen LogP contribution in [0.2, 0.25) is 0 Å². The van der Waals surface area contributed by atoms with Gasteiger partial charge >= 0.3 is 5.97 Å². The fraction of sp³-hybridized carbons (Fsp3) is 0.417. The lowest BCUT2D eigenvalue weighted by molar-refractivity contribution is -0.177. The minimum Gasteiger partial charge on any atom is -0.451 e. The molecule has 1 aromatic carbocycles. The van der Waals surface area contributed by atoms with Crippen LogP contribution in [0, 0.1) is 0 Å². The second-order valence-electron chi connectivity index (χ2n) is 3.95. The van der Waals surface area contributed by atoms with Gasteiger partial charge in [-0.3, -0.25) is 4.79 Å². The molecule has 0 aromatic heterocycles. The third-order valence-corrected chi connectivity index (χ3v) is 2.87. The van der Waals surface area contributed by atoms with E-state index < -0.39 is 11.8 Å². The molecule has 0 aliphatic carbocycles. The van der Waals surface area contributed by atoms with Gasteiger partial charge in [0, 0.05) is 6.42 Å². The molecular weight excluding hydrogens is 195 g/mol. The van der Waals surface area contributed by atoms with E-state index in [1.807, 2.05) is 18.2 Å². The topological polar surface area (TPSA) is 26.3 Å². The van der Waals surface area contributed by atoms with Crippen LogP contribution in [0.15, 0.2) is 30.3 Å². The van der Waals surface area contributed by atoms with Crippen LogP contribution in [0.1, 0.15) is 25.3 Å². The fourth-order valence-corrected chi connectivity index (χ4v) is 1.88. The molecule has 2 atom stereocenters. The number of hydrogen-bond donors (Lipinski definition) is 0. The summed E-state index contributed by atoms with van der Waals surface area (Å²) in [5.41, 5.74) is -0.401. The minimum atomic E-state index is -1.13. The molecule has 0 unspecified atom stereocenters. The number of rotatable bonds is 1. The smallest absolute Gasteiger partial charge is 0.306 e. The predicted octanol–water partition coefficient (Wildman–Crippen LogP) is 2.58. The van der Waals surface area contributed by atoms with E-state index in [1.165, 1.54) is 0 Å². The lowest BCUT2D eigenvalue weighted by Gasteiger charge is -2.36. The molecule has 2 nitrogen and oxygen atoms in total. The maximum absolute atomic E-state index is 13.8. The van der Waals surface area contributed by atoms with Crippen molar-refractivity contribution in [2.45, 2.75) is 31.5 Å². The minimum absolute atomic E-state index is 0.170. The lowest BCUT2D eigenvalue weighted by atomic mass is 9.86. The summed E-state index contributed by atoms with van der Waals surface area (Å²) in [7, 11) is 0. The zero-order chi connectivity index (χ0) is 10.9. The van der Waals surface area contributed by atoms with Crippen LogP contribution in [0.4, 0.5) is 4.39 Å². The van der Waals surface area contributed by atoms with Crippen LogP contribution in [-0.4, -0.2) is 12.1 Å². The molecule has 1 aliphatic rings. The Balaban J connectivity index is 2.35. The molecule has 1 fully saturated rings. The third-order valence-electron chi connectivity index (χ3n) is 2.87. The van der Waals surface area contributed by atoms with Crippen molar-refractivity contribution < 1.29 is 13.9 Å². The number of esters is 1. The molecule has 0 N–H and O–H groups in total. The first-order valence-corrected chi connectivity index (χ1v) is 5.04. The van der Waals surface area contributed by atoms with E-state index in [0.717, 1.165) is 0 Å². The highest BCUT2D eigenvalue weighted by atomic mass is 19.1. The molecule has 1 aromatic rings. The number of carbonyl (C=O) groups is 1. The van der Waals surface area contributed by atoms with E-state index in [-0.39, 0.29) is 18.8 Å². The summed E-state index contributed by atoms with van der Waals surface area (Å²) in [4.78, 5) is 11.2. The molecule has 15 heavy (non-hydrogen) atoms. The second kappa shape index (κ2) is 3.65. The van der Waals surface area contributed by atoms with Gasteiger partial charge in [0.25, 0.3) is 0 Å². The van der Waals surface area contributed by atoms with E-state index in [9.17, 15) is 9.18 Å². The van der Waals surface area contributed by atoms with Crippen LogP contribution >= 0.6 is 0 Å². The quantitative estimate of drug-likeness (QED) is 0.663. The van der Waals surface area contributed by atoms with Crippen LogP contribution in [0.25, 0.3) is 0 Å². The molecule has 3 heteroatoms. The van der Waals surface area contributed by atoms with E-state index in [2.05, 4.69) is 0 Å². The zero-order valence-corrected chi connectivity index (χ0v) is 8.57. The summed E-state index contributed by atoms with van der Waals surface area (Å²) < 4.78 is 19.0. The standard InChI is InChI=1S/C12H13FO2/c1-12(9-5-3-2-4-6-9)10(13)7-8-11(14)15-12/h2-6,10H,7-8H2,1H3/t10-,12-/m0/s1. The monoisotopic (exact) mass is 208 g/mol. The molecular formula is C12H13FO2. The molecule has 0 saturated carbocycles. The molecule has 0 amide bonds. The summed E-state index contributed by atoms with van der Waals surface area (Å²) in [6, 6.07) is 9.05. The highest BCUT2D eigenvalue weighted by molar-refractivity contribution is 5.71. The van der Waals surface area contributed by atoms with Crippen molar-refractivity contribution in [3.05, 3.63) is 35.9 Å². The van der Waals surface area contributed by atoms with Gasteiger partial charge in [0.2, 0.25) is 0 Å². The number of hydrogen-bond acceptors (Lipinski definition) is 2. The summed E-state index contributed by atoms with van der Waals surface area (Å²) in [6.45, 7) is 1.63. The molecule has 0 radical (unpaired) electrons. The Morgan fingerprint density at radius 1 is 1.40 bits per heavy atom. The Labute approximate surface area is 88.1 Å². The maximum Gasteiger partial charge on any atom is 0.306 e. The number of ether oxygens (including phenoxy) is 1. The molecule has 1 heterocycles. The summed E-state index contributed by atoms with van der Waals surface area (Å²) in [5.74, 6) is -0.324. The molecule has 0 bridgehead atoms. The molecule has 2 rings (SSSR count). The Bertz CT molecular complexity index is 363. The zero-order valence-electron chi connectivity index (χ0n) is 8.57. The van der Waals surface area contributed by atoms with Gasteiger partial charge in [-0.2, -0.15) is 0 Å². The molecule has 1 aliphatic heterocycles.